The second kappa shape index (κ2) is 40.5. The number of carbonyl (C=O) groups excluding carboxylic acids is 6. The summed E-state index contributed by atoms with van der Waals surface area (Å²) in [5, 5.41) is 40.1. The number of amides is 6. The Morgan fingerprint density at radius 1 is 0.686 bits per heavy atom. The number of unbranched alkanes of at least 4 members (excludes halogenated alkanes) is 12. The van der Waals surface area contributed by atoms with Crippen LogP contribution in [0.3, 0.4) is 0 Å². The van der Waals surface area contributed by atoms with E-state index in [0.29, 0.717) is 55.6 Å². The number of anilines is 3. The van der Waals surface area contributed by atoms with Crippen molar-refractivity contribution in [3.8, 4) is 0 Å². The van der Waals surface area contributed by atoms with E-state index in [1.807, 2.05) is 36.4 Å². The maximum atomic E-state index is 14.7. The van der Waals surface area contributed by atoms with E-state index in [4.69, 9.17) is 29.6 Å². The van der Waals surface area contributed by atoms with E-state index in [1.54, 1.807) is 40.8 Å². The Labute approximate surface area is 597 Å². The summed E-state index contributed by atoms with van der Waals surface area (Å²) in [5.74, 6) is -2.72. The molecule has 1 saturated heterocycles. The predicted octanol–water partition coefficient (Wildman–Crippen LogP) is 9.81. The number of aromatic nitrogens is 1. The van der Waals surface area contributed by atoms with Crippen molar-refractivity contribution in [2.45, 2.75) is 178 Å². The van der Waals surface area contributed by atoms with E-state index in [0.717, 1.165) is 142 Å². The molecule has 1 aromatic heterocycles. The minimum atomic E-state index is -1.03. The number of nitrogens with one attached hydrogen (secondary N) is 7. The molecule has 0 spiro atoms. The Morgan fingerprint density at radius 3 is 1.68 bits per heavy atom. The van der Waals surface area contributed by atoms with Crippen LogP contribution in [0.1, 0.15) is 184 Å². The number of hydrogen-bond acceptors (Lipinski definition) is 18. The molecule has 2 radical (unpaired) electrons. The number of azide groups is 1. The zero-order valence-electron chi connectivity index (χ0n) is 58.9. The Hall–Kier alpha value is -9.08. The van der Waals surface area contributed by atoms with Gasteiger partial charge < -0.3 is 64.1 Å². The van der Waals surface area contributed by atoms with Crippen molar-refractivity contribution in [1.82, 2.24) is 24.9 Å². The topological polar surface area (TPSA) is 377 Å². The van der Waals surface area contributed by atoms with Gasteiger partial charge in [0.05, 0.1) is 43.4 Å². The number of likely N-dealkylation sites (tertiary alicyclic amines) is 1. The average Bonchev–Trinajstić information content (AvgIpc) is 0.730. The van der Waals surface area contributed by atoms with Gasteiger partial charge in [0.2, 0.25) is 29.5 Å². The van der Waals surface area contributed by atoms with E-state index in [1.165, 1.54) is 28.0 Å². The van der Waals surface area contributed by atoms with Gasteiger partial charge in [-0.3, -0.25) is 44.6 Å². The fourth-order valence-corrected chi connectivity index (χ4v) is 13.9. The van der Waals surface area contributed by atoms with Crippen LogP contribution in [-0.4, -0.2) is 174 Å². The molecule has 4 aliphatic rings. The molecule has 27 nitrogen and oxygen atoms in total. The molecule has 9 rings (SSSR count). The zero-order chi connectivity index (χ0) is 72.8. The predicted molar refractivity (Wildman–Crippen MR) is 393 cm³/mol. The molecule has 8 N–H and O–H groups in total. The van der Waals surface area contributed by atoms with Crippen LogP contribution in [-0.2, 0) is 48.2 Å². The number of nitrogens with zero attached hydrogens (tertiary/aromatic N) is 6. The van der Waals surface area contributed by atoms with Crippen LogP contribution in [0.4, 0.5) is 17.1 Å². The lowest BCUT2D eigenvalue weighted by molar-refractivity contribution is -0.135. The molecule has 2 atom stereocenters. The molecule has 30 heteroatoms. The highest BCUT2D eigenvalue weighted by atomic mass is 16.5. The summed E-state index contributed by atoms with van der Waals surface area (Å²) in [4.78, 5) is 118. The number of ether oxygens (including phenoxy) is 2. The summed E-state index contributed by atoms with van der Waals surface area (Å²) < 4.78 is 26.3. The van der Waals surface area contributed by atoms with E-state index >= 15 is 0 Å². The number of rotatable bonds is 47. The van der Waals surface area contributed by atoms with E-state index in [9.17, 15) is 48.9 Å². The van der Waals surface area contributed by atoms with Crippen LogP contribution in [0.2, 0.25) is 19.5 Å². The minimum absolute atomic E-state index is 0.0311. The first kappa shape index (κ1) is 78.6. The van der Waals surface area contributed by atoms with Crippen molar-refractivity contribution in [1.29, 1.82) is 10.8 Å². The van der Waals surface area contributed by atoms with Gasteiger partial charge in [0.1, 0.15) is 18.8 Å². The van der Waals surface area contributed by atoms with Crippen molar-refractivity contribution < 1.29 is 57.0 Å². The van der Waals surface area contributed by atoms with Crippen molar-refractivity contribution in [3.63, 3.8) is 0 Å². The van der Waals surface area contributed by atoms with Crippen LogP contribution in [0, 0.1) is 10.8 Å². The number of carbonyl (C=O) groups is 6. The number of benzene rings is 4. The number of likely N-dealkylation sites (N-methyl/N-ethyl adjacent to an activating group) is 2. The Kier molecular flexibility index (Phi) is 31.3. The summed E-state index contributed by atoms with van der Waals surface area (Å²) in [5.41, 5.74) is 15.1. The molecule has 542 valence electrons. The second-order valence-corrected chi connectivity index (χ2v) is 26.4. The SMILES string of the molecule is CB(O)NCCCCCCCC(=O)Nc1ccc2c(c1)C1(CCC(=O)N(C)CCOCCOCCN(C)C(=O)C3CC(N=[N+]=[N-])CN3C(=O)c3ccc4c(=O)oc(=O)[nH]c4c3)c3cc(NC(=O)CCCCCCC[B]OC=N)ccc3C2c2ccc(NC(=O)CCCCCCC[B]OC=N)cc21. The highest BCUT2D eigenvalue weighted by molar-refractivity contribution is 6.45. The maximum absolute atomic E-state index is 14.7. The average molecular weight is 1400 g/mol. The minimum Gasteiger partial charge on any atom is -0.556 e. The molecule has 0 saturated carbocycles. The lowest BCUT2D eigenvalue weighted by Gasteiger charge is -2.51. The van der Waals surface area contributed by atoms with Crippen LogP contribution >= 0.6 is 0 Å². The molecule has 102 heavy (non-hydrogen) atoms. The Morgan fingerprint density at radius 2 is 1.18 bits per heavy atom. The summed E-state index contributed by atoms with van der Waals surface area (Å²) in [7, 11) is 5.98. The van der Waals surface area contributed by atoms with Gasteiger partial charge >= 0.3 is 33.4 Å². The fraction of sp³-hybridized carbons (Fsp3) is 0.528. The van der Waals surface area contributed by atoms with Crippen molar-refractivity contribution in [3.05, 3.63) is 143 Å². The van der Waals surface area contributed by atoms with Crippen LogP contribution in [0.15, 0.2) is 91.9 Å². The van der Waals surface area contributed by atoms with Crippen LogP contribution in [0.5, 0.6) is 0 Å². The zero-order valence-corrected chi connectivity index (χ0v) is 58.9. The fourth-order valence-electron chi connectivity index (χ4n) is 13.9. The van der Waals surface area contributed by atoms with E-state index in [2.05, 4.69) is 58.8 Å². The van der Waals surface area contributed by atoms with Gasteiger partial charge in [-0.25, -0.2) is 9.59 Å². The molecule has 3 aliphatic carbocycles. The summed E-state index contributed by atoms with van der Waals surface area (Å²) in [6.45, 7) is 3.44. The van der Waals surface area contributed by atoms with E-state index < -0.39 is 47.7 Å². The smallest absolute Gasteiger partial charge is 0.419 e. The van der Waals surface area contributed by atoms with Crippen molar-refractivity contribution in [2.24, 2.45) is 5.11 Å². The van der Waals surface area contributed by atoms with Crippen LogP contribution in [0.25, 0.3) is 21.3 Å². The molecular weight excluding hydrogens is 1300 g/mol. The summed E-state index contributed by atoms with van der Waals surface area (Å²) in [6, 6.07) is 20.6. The molecular formula is C72H96B3N13O14. The summed E-state index contributed by atoms with van der Waals surface area (Å²) >= 11 is 0. The third-order valence-corrected chi connectivity index (χ3v) is 19.1. The van der Waals surface area contributed by atoms with Crippen molar-refractivity contribution >= 4 is 98.2 Å². The summed E-state index contributed by atoms with van der Waals surface area (Å²) in [6.07, 6.45) is 18.1. The largest absolute Gasteiger partial charge is 0.556 e. The van der Waals surface area contributed by atoms with Gasteiger partial charge in [0, 0.05) is 98.3 Å². The van der Waals surface area contributed by atoms with Gasteiger partial charge in [0.15, 0.2) is 0 Å². The van der Waals surface area contributed by atoms with Gasteiger partial charge in [-0.05, 0) is 158 Å². The van der Waals surface area contributed by atoms with Crippen LogP contribution < -0.4 is 32.6 Å². The standard InChI is InChI=1S/C72H96B3N13O14/c1-75(97)79-34-18-12-6-9-15-21-65(91)82-52-25-29-56-60(44-52)72(31-30-66(92)86(2)35-37-98-39-40-99-38-36-87(3)69(94)62-45-53(84-85-78)46-88(62)68(93)49-22-26-57-61(41-49)83-71(96)102-70(57)95)58-42-50(80-63(89)19-13-7-4-10-16-32-73-100-47-76)23-27-54(58)67(56)55-28-24-51(43-59(55)72)81-64(90)20-14-8-5-11-17-33-74-101-48-77/h22-29,41-44,47-48,53,62,67,76-77,79,97H,4-21,30-40,45-46H2,1-3H3,(H,80,89)(H,81,90)(H,82,91)(H,83,96). The van der Waals surface area contributed by atoms with Gasteiger partial charge in [0.25, 0.3) is 5.91 Å². The first-order valence-electron chi connectivity index (χ1n) is 35.8. The monoisotopic (exact) mass is 1400 g/mol. The maximum Gasteiger partial charge on any atom is 0.419 e. The molecule has 2 heterocycles. The molecule has 2 bridgehead atoms. The third kappa shape index (κ3) is 22.2. The Balaban J connectivity index is 0.943. The lowest BCUT2D eigenvalue weighted by Crippen LogP contribution is -2.47. The molecule has 5 aromatic rings. The number of aromatic amines is 1. The first-order valence-corrected chi connectivity index (χ1v) is 35.8. The highest BCUT2D eigenvalue weighted by Gasteiger charge is 2.52. The third-order valence-electron chi connectivity index (χ3n) is 19.1. The second-order valence-electron chi connectivity index (χ2n) is 26.4. The molecule has 1 aliphatic heterocycles. The molecule has 1 fully saturated rings. The Bertz CT molecular complexity index is 3780. The van der Waals surface area contributed by atoms with Gasteiger partial charge in [-0.1, -0.05) is 93.9 Å². The van der Waals surface area contributed by atoms with Crippen molar-refractivity contribution in [2.75, 3.05) is 82.7 Å². The molecule has 2 unspecified atom stereocenters. The van der Waals surface area contributed by atoms with Gasteiger partial charge in [-0.15, -0.1) is 0 Å². The first-order chi connectivity index (χ1) is 49.4. The number of H-pyrrole nitrogens is 1. The van der Waals surface area contributed by atoms with E-state index in [-0.39, 0.29) is 111 Å². The number of hydrogen-bond donors (Lipinski definition) is 8. The normalized spacial score (nSPS) is 16.0. The van der Waals surface area contributed by atoms with Gasteiger partial charge in [-0.2, -0.15) is 0 Å². The quantitative estimate of drug-likeness (QED) is 0.00342. The molecule has 6 amide bonds. The number of fused-ring (bicyclic) bond motifs is 1. The molecule has 4 aromatic carbocycles. The lowest BCUT2D eigenvalue weighted by atomic mass is 9.51. The highest BCUT2D eigenvalue weighted by Crippen LogP contribution is 2.62.